The van der Waals surface area contributed by atoms with Crippen molar-refractivity contribution in [1.82, 2.24) is 15.0 Å². The zero-order valence-corrected chi connectivity index (χ0v) is 11.9. The van der Waals surface area contributed by atoms with Gasteiger partial charge in [0.05, 0.1) is 5.69 Å². The second-order valence-corrected chi connectivity index (χ2v) is 5.01. The molecule has 3 rings (SSSR count). The number of hydrogen-bond donors (Lipinski definition) is 0. The fraction of sp³-hybridized carbons (Fsp3) is 0.118. The predicted octanol–water partition coefficient (Wildman–Crippen LogP) is 3.36. The topological polar surface area (TPSA) is 47.8 Å². The third-order valence-corrected chi connectivity index (χ3v) is 3.48. The third-order valence-electron chi connectivity index (χ3n) is 3.48. The zero-order valence-electron chi connectivity index (χ0n) is 11.9. The largest absolute Gasteiger partial charge is 0.296 e. The first-order valence-electron chi connectivity index (χ1n) is 6.74. The first-order valence-corrected chi connectivity index (χ1v) is 6.74. The molecule has 0 N–H and O–H groups in total. The Morgan fingerprint density at radius 1 is 1.00 bits per heavy atom. The Morgan fingerprint density at radius 3 is 2.38 bits per heavy atom. The Labute approximate surface area is 123 Å². The van der Waals surface area contributed by atoms with Gasteiger partial charge in [-0.05, 0) is 25.5 Å². The van der Waals surface area contributed by atoms with Crippen LogP contribution in [-0.2, 0) is 0 Å². The molecule has 0 spiro atoms. The summed E-state index contributed by atoms with van der Waals surface area (Å²) in [6.07, 6.45) is 0.747. The van der Waals surface area contributed by atoms with Crippen LogP contribution >= 0.6 is 0 Å². The van der Waals surface area contributed by atoms with Gasteiger partial charge in [-0.2, -0.15) is 0 Å². The van der Waals surface area contributed by atoms with E-state index in [1.807, 2.05) is 62.4 Å². The maximum Gasteiger partial charge on any atom is 0.172 e. The minimum Gasteiger partial charge on any atom is -0.296 e. The SMILES string of the molecule is Cc1ccc(-c2c(C=O)nnn2-c2ccccc2C)cc1. The van der Waals surface area contributed by atoms with Gasteiger partial charge in [0.25, 0.3) is 0 Å². The molecule has 0 unspecified atom stereocenters. The van der Waals surface area contributed by atoms with E-state index < -0.39 is 0 Å². The average Bonchev–Trinajstić information content (AvgIpc) is 2.92. The van der Waals surface area contributed by atoms with E-state index in [1.165, 1.54) is 5.56 Å². The van der Waals surface area contributed by atoms with E-state index in [-0.39, 0.29) is 0 Å². The van der Waals surface area contributed by atoms with Crippen LogP contribution in [0.15, 0.2) is 48.5 Å². The number of carbonyl (C=O) groups is 1. The molecule has 0 bridgehead atoms. The molecule has 0 fully saturated rings. The van der Waals surface area contributed by atoms with Crippen LogP contribution in [0.5, 0.6) is 0 Å². The molecule has 0 saturated carbocycles. The summed E-state index contributed by atoms with van der Waals surface area (Å²) in [7, 11) is 0. The molecule has 104 valence electrons. The molecule has 4 heteroatoms. The van der Waals surface area contributed by atoms with Crippen molar-refractivity contribution < 1.29 is 4.79 Å². The minimum absolute atomic E-state index is 0.349. The summed E-state index contributed by atoms with van der Waals surface area (Å²) in [6, 6.07) is 15.9. The van der Waals surface area contributed by atoms with Crippen molar-refractivity contribution in [3.05, 3.63) is 65.4 Å². The number of hydrogen-bond acceptors (Lipinski definition) is 3. The van der Waals surface area contributed by atoms with Crippen molar-refractivity contribution in [3.63, 3.8) is 0 Å². The molecular weight excluding hydrogens is 262 g/mol. The molecule has 4 nitrogen and oxygen atoms in total. The highest BCUT2D eigenvalue weighted by atomic mass is 16.1. The van der Waals surface area contributed by atoms with Gasteiger partial charge in [0.15, 0.2) is 12.0 Å². The van der Waals surface area contributed by atoms with Gasteiger partial charge in [0.2, 0.25) is 0 Å². The predicted molar refractivity (Wildman–Crippen MR) is 81.7 cm³/mol. The van der Waals surface area contributed by atoms with E-state index >= 15 is 0 Å². The first kappa shape index (κ1) is 13.2. The van der Waals surface area contributed by atoms with Crippen molar-refractivity contribution in [3.8, 4) is 16.9 Å². The summed E-state index contributed by atoms with van der Waals surface area (Å²) in [5.41, 5.74) is 5.17. The van der Waals surface area contributed by atoms with E-state index in [9.17, 15) is 4.79 Å². The molecule has 0 radical (unpaired) electrons. The molecule has 0 aliphatic heterocycles. The maximum absolute atomic E-state index is 11.3. The summed E-state index contributed by atoms with van der Waals surface area (Å²) in [5, 5.41) is 8.15. The lowest BCUT2D eigenvalue weighted by Gasteiger charge is -2.09. The van der Waals surface area contributed by atoms with Crippen LogP contribution in [0.25, 0.3) is 16.9 Å². The van der Waals surface area contributed by atoms with Gasteiger partial charge in [-0.3, -0.25) is 4.79 Å². The molecular formula is C17H15N3O. The molecule has 0 aliphatic carbocycles. The molecule has 0 atom stereocenters. The van der Waals surface area contributed by atoms with Gasteiger partial charge < -0.3 is 0 Å². The number of aldehydes is 1. The smallest absolute Gasteiger partial charge is 0.172 e. The third kappa shape index (κ3) is 2.36. The van der Waals surface area contributed by atoms with E-state index in [2.05, 4.69) is 10.3 Å². The lowest BCUT2D eigenvalue weighted by Crippen LogP contribution is -2.02. The van der Waals surface area contributed by atoms with Crippen LogP contribution in [0.4, 0.5) is 0 Å². The summed E-state index contributed by atoms with van der Waals surface area (Å²) in [5.74, 6) is 0. The van der Waals surface area contributed by atoms with E-state index in [1.54, 1.807) is 4.68 Å². The first-order chi connectivity index (χ1) is 10.2. The molecule has 1 heterocycles. The van der Waals surface area contributed by atoms with Crippen molar-refractivity contribution in [2.24, 2.45) is 0 Å². The molecule has 0 saturated heterocycles. The molecule has 21 heavy (non-hydrogen) atoms. The zero-order chi connectivity index (χ0) is 14.8. The number of benzene rings is 2. The second kappa shape index (κ2) is 5.32. The molecule has 2 aromatic carbocycles. The van der Waals surface area contributed by atoms with Gasteiger partial charge in [0.1, 0.15) is 5.69 Å². The molecule has 1 aromatic heterocycles. The van der Waals surface area contributed by atoms with Crippen LogP contribution in [0, 0.1) is 13.8 Å². The van der Waals surface area contributed by atoms with Crippen molar-refractivity contribution >= 4 is 6.29 Å². The van der Waals surface area contributed by atoms with Crippen LogP contribution in [0.2, 0.25) is 0 Å². The Morgan fingerprint density at radius 2 is 1.71 bits per heavy atom. The van der Waals surface area contributed by atoms with Crippen molar-refractivity contribution in [1.29, 1.82) is 0 Å². The minimum atomic E-state index is 0.349. The van der Waals surface area contributed by atoms with Crippen LogP contribution in [0.1, 0.15) is 21.6 Å². The average molecular weight is 277 g/mol. The number of rotatable bonds is 3. The highest BCUT2D eigenvalue weighted by Gasteiger charge is 2.16. The lowest BCUT2D eigenvalue weighted by atomic mass is 10.1. The maximum atomic E-state index is 11.3. The number of carbonyl (C=O) groups excluding carboxylic acids is 1. The Balaban J connectivity index is 2.24. The van der Waals surface area contributed by atoms with Crippen molar-refractivity contribution in [2.75, 3.05) is 0 Å². The van der Waals surface area contributed by atoms with E-state index in [0.29, 0.717) is 5.69 Å². The summed E-state index contributed by atoms with van der Waals surface area (Å²) < 4.78 is 1.73. The summed E-state index contributed by atoms with van der Waals surface area (Å²) in [4.78, 5) is 11.3. The van der Waals surface area contributed by atoms with Crippen LogP contribution < -0.4 is 0 Å². The monoisotopic (exact) mass is 277 g/mol. The molecule has 3 aromatic rings. The van der Waals surface area contributed by atoms with Gasteiger partial charge in [-0.1, -0.05) is 53.2 Å². The van der Waals surface area contributed by atoms with E-state index in [4.69, 9.17) is 0 Å². The Hall–Kier alpha value is -2.75. The number of aryl methyl sites for hydroxylation is 2. The molecule has 0 aliphatic rings. The highest BCUT2D eigenvalue weighted by Crippen LogP contribution is 2.26. The number of para-hydroxylation sites is 1. The summed E-state index contributed by atoms with van der Waals surface area (Å²) >= 11 is 0. The molecule has 0 amide bonds. The van der Waals surface area contributed by atoms with Gasteiger partial charge >= 0.3 is 0 Å². The summed E-state index contributed by atoms with van der Waals surface area (Å²) in [6.45, 7) is 4.04. The fourth-order valence-corrected chi connectivity index (χ4v) is 2.32. The van der Waals surface area contributed by atoms with Gasteiger partial charge in [0, 0.05) is 5.56 Å². The van der Waals surface area contributed by atoms with Crippen LogP contribution in [0.3, 0.4) is 0 Å². The highest BCUT2D eigenvalue weighted by molar-refractivity contribution is 5.84. The standard InChI is InChI=1S/C17H15N3O/c1-12-7-9-14(10-8-12)17-15(11-21)18-19-20(17)16-6-4-3-5-13(16)2/h3-11H,1-2H3. The normalized spacial score (nSPS) is 10.6. The quantitative estimate of drug-likeness (QED) is 0.690. The van der Waals surface area contributed by atoms with Gasteiger partial charge in [-0.25, -0.2) is 4.68 Å². The number of aromatic nitrogens is 3. The van der Waals surface area contributed by atoms with Crippen molar-refractivity contribution in [2.45, 2.75) is 13.8 Å². The lowest BCUT2D eigenvalue weighted by molar-refractivity contribution is 0.111. The van der Waals surface area contributed by atoms with Gasteiger partial charge in [-0.15, -0.1) is 5.10 Å². The number of nitrogens with zero attached hydrogens (tertiary/aromatic N) is 3. The Bertz CT molecular complexity index is 788. The van der Waals surface area contributed by atoms with Crippen LogP contribution in [-0.4, -0.2) is 21.3 Å². The Kier molecular flexibility index (Phi) is 3.36. The fourth-order valence-electron chi connectivity index (χ4n) is 2.32. The van der Waals surface area contributed by atoms with E-state index in [0.717, 1.165) is 28.8 Å². The second-order valence-electron chi connectivity index (χ2n) is 5.01.